The monoisotopic (exact) mass is 844 g/mol. The molecule has 0 aliphatic rings. The second-order valence-electron chi connectivity index (χ2n) is 19.2. The summed E-state index contributed by atoms with van der Waals surface area (Å²) >= 11 is 0. The number of amides is 1. The van der Waals surface area contributed by atoms with Crippen molar-refractivity contribution >= 4 is 11.7 Å². The number of aliphatic hydroxyl groups excluding tert-OH is 1. The van der Waals surface area contributed by atoms with Gasteiger partial charge in [-0.1, -0.05) is 264 Å². The van der Waals surface area contributed by atoms with E-state index in [1.807, 2.05) is 0 Å². The lowest BCUT2D eigenvalue weighted by Gasteiger charge is -2.12. The van der Waals surface area contributed by atoms with Crippen molar-refractivity contribution in [2.75, 3.05) is 6.54 Å². The van der Waals surface area contributed by atoms with Crippen LogP contribution in [0.1, 0.15) is 322 Å². The number of ketones is 1. The van der Waals surface area contributed by atoms with E-state index in [2.05, 4.69) is 31.3 Å². The van der Waals surface area contributed by atoms with Crippen molar-refractivity contribution in [3.05, 3.63) is 12.2 Å². The molecule has 0 aromatic heterocycles. The smallest absolute Gasteiger partial charge is 0.220 e. The summed E-state index contributed by atoms with van der Waals surface area (Å²) in [5.74, 6) is 0.603. The third kappa shape index (κ3) is 51.2. The molecule has 0 fully saturated rings. The number of rotatable bonds is 52. The molecule has 0 spiro atoms. The van der Waals surface area contributed by atoms with Gasteiger partial charge in [0.05, 0.1) is 6.10 Å². The summed E-state index contributed by atoms with van der Waals surface area (Å²) in [6.45, 7) is 4.98. The van der Waals surface area contributed by atoms with Crippen LogP contribution >= 0.6 is 0 Å². The lowest BCUT2D eigenvalue weighted by molar-refractivity contribution is -0.121. The molecule has 0 bridgehead atoms. The van der Waals surface area contributed by atoms with Gasteiger partial charge in [0.2, 0.25) is 5.91 Å². The maximum Gasteiger partial charge on any atom is 0.220 e. The van der Waals surface area contributed by atoms with Gasteiger partial charge in [-0.25, -0.2) is 0 Å². The topological polar surface area (TPSA) is 66.4 Å². The molecule has 356 valence electrons. The number of Topliss-reactive ketones (excluding diaryl/α,β-unsaturated/α-hetero) is 1. The van der Waals surface area contributed by atoms with Crippen molar-refractivity contribution in [3.63, 3.8) is 0 Å². The van der Waals surface area contributed by atoms with E-state index >= 15 is 0 Å². The number of aliphatic hydroxyl groups is 1. The Morgan fingerprint density at radius 2 is 0.633 bits per heavy atom. The Kier molecular flexibility index (Phi) is 51.2. The lowest BCUT2D eigenvalue weighted by Crippen LogP contribution is -2.31. The molecule has 0 radical (unpaired) electrons. The summed E-state index contributed by atoms with van der Waals surface area (Å²) in [5.41, 5.74) is 0. The normalized spacial score (nSPS) is 12.2. The van der Waals surface area contributed by atoms with Crippen LogP contribution in [0.25, 0.3) is 0 Å². The van der Waals surface area contributed by atoms with Gasteiger partial charge in [0.1, 0.15) is 5.78 Å². The van der Waals surface area contributed by atoms with Gasteiger partial charge in [0.15, 0.2) is 0 Å². The average molecular weight is 844 g/mol. The number of carbonyl (C=O) groups excluding carboxylic acids is 2. The Hall–Kier alpha value is -1.16. The van der Waals surface area contributed by atoms with Crippen LogP contribution in [0.3, 0.4) is 0 Å². The Labute approximate surface area is 377 Å². The number of hydrogen-bond acceptors (Lipinski definition) is 3. The van der Waals surface area contributed by atoms with Crippen LogP contribution in [0.15, 0.2) is 12.2 Å². The molecule has 2 N–H and O–H groups in total. The van der Waals surface area contributed by atoms with Crippen LogP contribution in [0.5, 0.6) is 0 Å². The third-order valence-corrected chi connectivity index (χ3v) is 13.0. The summed E-state index contributed by atoms with van der Waals surface area (Å²) in [4.78, 5) is 24.5. The highest BCUT2D eigenvalue weighted by Crippen LogP contribution is 2.17. The average Bonchev–Trinajstić information content (AvgIpc) is 3.25. The Morgan fingerprint density at radius 3 is 0.967 bits per heavy atom. The fourth-order valence-corrected chi connectivity index (χ4v) is 8.77. The fraction of sp³-hybridized carbons (Fsp3) is 0.929. The molecular weight excluding hydrogens is 735 g/mol. The molecule has 0 aromatic rings. The van der Waals surface area contributed by atoms with Crippen LogP contribution in [-0.2, 0) is 9.59 Å². The van der Waals surface area contributed by atoms with Gasteiger partial charge in [0.25, 0.3) is 0 Å². The summed E-state index contributed by atoms with van der Waals surface area (Å²) < 4.78 is 0. The zero-order valence-corrected chi connectivity index (χ0v) is 41.1. The maximum absolute atomic E-state index is 12.3. The summed E-state index contributed by atoms with van der Waals surface area (Å²) in [6.07, 6.45) is 65.4. The SMILES string of the molecule is CCCCCCCCC=CCCCCCCCCCCCC(=O)CCCCCCCCCCCCCCCC(=O)NC[C@@H](O)CCCCCCCCCCCCCCCC. The van der Waals surface area contributed by atoms with Gasteiger partial charge in [-0.3, -0.25) is 9.59 Å². The van der Waals surface area contributed by atoms with E-state index in [9.17, 15) is 14.7 Å². The molecule has 0 aliphatic carbocycles. The molecule has 0 saturated heterocycles. The first-order valence-electron chi connectivity index (χ1n) is 27.7. The van der Waals surface area contributed by atoms with Gasteiger partial charge in [0, 0.05) is 25.8 Å². The quantitative estimate of drug-likeness (QED) is 0.0473. The fourth-order valence-electron chi connectivity index (χ4n) is 8.77. The second kappa shape index (κ2) is 52.2. The molecular formula is C56H109NO3. The minimum atomic E-state index is -0.399. The summed E-state index contributed by atoms with van der Waals surface area (Å²) in [6, 6.07) is 0. The Bertz CT molecular complexity index is 871. The minimum absolute atomic E-state index is 0.103. The second-order valence-corrected chi connectivity index (χ2v) is 19.2. The van der Waals surface area contributed by atoms with Crippen LogP contribution in [0.4, 0.5) is 0 Å². The molecule has 0 rings (SSSR count). The minimum Gasteiger partial charge on any atom is -0.391 e. The Balaban J connectivity index is 3.29. The van der Waals surface area contributed by atoms with Crippen LogP contribution in [0.2, 0.25) is 0 Å². The van der Waals surface area contributed by atoms with Gasteiger partial charge in [-0.15, -0.1) is 0 Å². The van der Waals surface area contributed by atoms with Crippen molar-refractivity contribution < 1.29 is 14.7 Å². The van der Waals surface area contributed by atoms with Crippen molar-refractivity contribution in [3.8, 4) is 0 Å². The van der Waals surface area contributed by atoms with Crippen molar-refractivity contribution in [2.24, 2.45) is 0 Å². The predicted octanol–water partition coefficient (Wildman–Crippen LogP) is 18.4. The maximum atomic E-state index is 12.3. The number of unbranched alkanes of at least 4 members (excludes halogenated alkanes) is 40. The highest BCUT2D eigenvalue weighted by molar-refractivity contribution is 5.78. The molecule has 0 aromatic carbocycles. The Morgan fingerprint density at radius 1 is 0.367 bits per heavy atom. The molecule has 60 heavy (non-hydrogen) atoms. The zero-order valence-electron chi connectivity index (χ0n) is 41.1. The summed E-state index contributed by atoms with van der Waals surface area (Å²) in [5, 5.41) is 13.2. The third-order valence-electron chi connectivity index (χ3n) is 13.0. The number of nitrogens with one attached hydrogen (secondary N) is 1. The first kappa shape index (κ1) is 58.8. The van der Waals surface area contributed by atoms with E-state index in [4.69, 9.17) is 0 Å². The van der Waals surface area contributed by atoms with E-state index in [0.717, 1.165) is 51.4 Å². The van der Waals surface area contributed by atoms with Gasteiger partial charge >= 0.3 is 0 Å². The van der Waals surface area contributed by atoms with Crippen molar-refractivity contribution in [2.45, 2.75) is 328 Å². The first-order chi connectivity index (χ1) is 29.6. The zero-order chi connectivity index (χ0) is 43.5. The summed E-state index contributed by atoms with van der Waals surface area (Å²) in [7, 11) is 0. The van der Waals surface area contributed by atoms with E-state index in [0.29, 0.717) is 18.7 Å². The van der Waals surface area contributed by atoms with Crippen LogP contribution in [-0.4, -0.2) is 29.4 Å². The molecule has 4 nitrogen and oxygen atoms in total. The highest BCUT2D eigenvalue weighted by atomic mass is 16.3. The molecule has 4 heteroatoms. The molecule has 0 aliphatic heterocycles. The molecule has 1 amide bonds. The van der Waals surface area contributed by atoms with Crippen molar-refractivity contribution in [1.82, 2.24) is 5.32 Å². The highest BCUT2D eigenvalue weighted by Gasteiger charge is 2.07. The largest absolute Gasteiger partial charge is 0.391 e. The van der Waals surface area contributed by atoms with E-state index < -0.39 is 6.10 Å². The molecule has 0 unspecified atom stereocenters. The molecule has 0 saturated carbocycles. The number of carbonyl (C=O) groups is 2. The predicted molar refractivity (Wildman–Crippen MR) is 266 cm³/mol. The van der Waals surface area contributed by atoms with Gasteiger partial charge < -0.3 is 10.4 Å². The van der Waals surface area contributed by atoms with E-state index in [-0.39, 0.29) is 5.91 Å². The van der Waals surface area contributed by atoms with E-state index in [1.165, 1.54) is 250 Å². The van der Waals surface area contributed by atoms with Gasteiger partial charge in [-0.05, 0) is 51.4 Å². The van der Waals surface area contributed by atoms with Crippen LogP contribution < -0.4 is 5.32 Å². The van der Waals surface area contributed by atoms with Gasteiger partial charge in [-0.2, -0.15) is 0 Å². The number of allylic oxidation sites excluding steroid dienone is 2. The lowest BCUT2D eigenvalue weighted by atomic mass is 10.0. The van der Waals surface area contributed by atoms with Crippen LogP contribution in [0, 0.1) is 0 Å². The molecule has 0 heterocycles. The standard InChI is InChI=1S/C56H109NO3/c1-3-5-7-9-11-13-15-17-19-20-21-22-23-26-29-33-37-41-45-49-54(58)50-46-42-38-34-30-27-24-28-32-36-40-44-48-52-56(60)57-53-55(59)51-47-43-39-35-31-25-18-16-14-12-10-8-6-4-2/h17,19,55,59H,3-16,18,20-53H2,1-2H3,(H,57,60)/t55-/m0/s1. The number of hydrogen-bond donors (Lipinski definition) is 2. The van der Waals surface area contributed by atoms with E-state index in [1.54, 1.807) is 0 Å². The first-order valence-corrected chi connectivity index (χ1v) is 27.7. The van der Waals surface area contributed by atoms with Crippen molar-refractivity contribution in [1.29, 1.82) is 0 Å². The molecule has 1 atom stereocenters.